The van der Waals surface area contributed by atoms with Crippen LogP contribution in [0.4, 0.5) is 0 Å². The predicted molar refractivity (Wildman–Crippen MR) is 85.9 cm³/mol. The average molecular weight is 292 g/mol. The number of ether oxygens (including phenoxy) is 1. The SMILES string of the molecule is COc1ccc(C(C)NCC(C)CN2CCCC2)c(O)c1. The van der Waals surface area contributed by atoms with Gasteiger partial charge in [-0.15, -0.1) is 0 Å². The number of nitrogens with one attached hydrogen (secondary N) is 1. The van der Waals surface area contributed by atoms with Gasteiger partial charge in [0, 0.05) is 24.2 Å². The summed E-state index contributed by atoms with van der Waals surface area (Å²) in [6, 6.07) is 5.62. The number of aromatic hydroxyl groups is 1. The Labute approximate surface area is 128 Å². The van der Waals surface area contributed by atoms with Crippen LogP contribution < -0.4 is 10.1 Å². The van der Waals surface area contributed by atoms with Crippen molar-refractivity contribution in [2.75, 3.05) is 33.3 Å². The minimum absolute atomic E-state index is 0.136. The van der Waals surface area contributed by atoms with E-state index in [1.54, 1.807) is 13.2 Å². The molecule has 0 spiro atoms. The van der Waals surface area contributed by atoms with Crippen molar-refractivity contribution >= 4 is 0 Å². The fraction of sp³-hybridized carbons (Fsp3) is 0.647. The van der Waals surface area contributed by atoms with Crippen molar-refractivity contribution in [1.82, 2.24) is 10.2 Å². The highest BCUT2D eigenvalue weighted by Crippen LogP contribution is 2.28. The number of hydrogen-bond acceptors (Lipinski definition) is 4. The lowest BCUT2D eigenvalue weighted by Gasteiger charge is -2.23. The minimum atomic E-state index is 0.136. The standard InChI is InChI=1S/C17H28N2O2/c1-13(12-19-8-4-5-9-19)11-18-14(2)16-7-6-15(21-3)10-17(16)20/h6-7,10,13-14,18,20H,4-5,8-9,11-12H2,1-3H3. The molecule has 21 heavy (non-hydrogen) atoms. The fourth-order valence-corrected chi connectivity index (χ4v) is 2.98. The largest absolute Gasteiger partial charge is 0.507 e. The van der Waals surface area contributed by atoms with Gasteiger partial charge in [-0.2, -0.15) is 0 Å². The normalized spacial score (nSPS) is 18.6. The molecule has 118 valence electrons. The Balaban J connectivity index is 1.81. The van der Waals surface area contributed by atoms with Crippen LogP contribution in [-0.4, -0.2) is 43.3 Å². The zero-order valence-corrected chi connectivity index (χ0v) is 13.4. The van der Waals surface area contributed by atoms with E-state index in [0.717, 1.165) is 18.7 Å². The second kappa shape index (κ2) is 7.66. The van der Waals surface area contributed by atoms with Crippen LogP contribution in [0, 0.1) is 5.92 Å². The van der Waals surface area contributed by atoms with Gasteiger partial charge in [-0.1, -0.05) is 13.0 Å². The summed E-state index contributed by atoms with van der Waals surface area (Å²) in [6.45, 7) is 8.99. The van der Waals surface area contributed by atoms with Gasteiger partial charge in [-0.25, -0.2) is 0 Å². The van der Waals surface area contributed by atoms with E-state index in [2.05, 4.69) is 24.1 Å². The predicted octanol–water partition coefficient (Wildman–Crippen LogP) is 2.78. The quantitative estimate of drug-likeness (QED) is 0.811. The summed E-state index contributed by atoms with van der Waals surface area (Å²) in [5.41, 5.74) is 0.921. The lowest BCUT2D eigenvalue weighted by molar-refractivity contribution is 0.278. The van der Waals surface area contributed by atoms with Crippen LogP contribution >= 0.6 is 0 Å². The summed E-state index contributed by atoms with van der Waals surface area (Å²) in [5.74, 6) is 1.60. The van der Waals surface area contributed by atoms with Crippen LogP contribution in [-0.2, 0) is 0 Å². The highest BCUT2D eigenvalue weighted by atomic mass is 16.5. The third kappa shape index (κ3) is 4.61. The Morgan fingerprint density at radius 3 is 2.62 bits per heavy atom. The van der Waals surface area contributed by atoms with Gasteiger partial charge >= 0.3 is 0 Å². The topological polar surface area (TPSA) is 44.7 Å². The van der Waals surface area contributed by atoms with Crippen molar-refractivity contribution in [1.29, 1.82) is 0 Å². The number of phenols is 1. The first kappa shape index (κ1) is 16.1. The molecule has 1 aliphatic rings. The average Bonchev–Trinajstić information content (AvgIpc) is 2.97. The van der Waals surface area contributed by atoms with E-state index in [9.17, 15) is 5.11 Å². The molecule has 0 amide bonds. The van der Waals surface area contributed by atoms with Crippen molar-refractivity contribution in [3.8, 4) is 11.5 Å². The Morgan fingerprint density at radius 1 is 1.29 bits per heavy atom. The summed E-state index contributed by atoms with van der Waals surface area (Å²) in [5, 5.41) is 13.6. The van der Waals surface area contributed by atoms with Crippen molar-refractivity contribution in [3.63, 3.8) is 0 Å². The Kier molecular flexibility index (Phi) is 5.88. The zero-order valence-electron chi connectivity index (χ0n) is 13.4. The van der Waals surface area contributed by atoms with Crippen LogP contribution in [0.25, 0.3) is 0 Å². The monoisotopic (exact) mass is 292 g/mol. The maximum Gasteiger partial charge on any atom is 0.124 e. The molecule has 2 unspecified atom stereocenters. The molecule has 1 aromatic carbocycles. The maximum absolute atomic E-state index is 10.1. The number of hydrogen-bond donors (Lipinski definition) is 2. The summed E-state index contributed by atoms with van der Waals surface area (Å²) in [7, 11) is 1.61. The molecule has 1 heterocycles. The lowest BCUT2D eigenvalue weighted by atomic mass is 10.1. The van der Waals surface area contributed by atoms with Gasteiger partial charge in [0.2, 0.25) is 0 Å². The first-order valence-electron chi connectivity index (χ1n) is 7.92. The number of benzene rings is 1. The molecule has 1 fully saturated rings. The maximum atomic E-state index is 10.1. The van der Waals surface area contributed by atoms with Gasteiger partial charge in [-0.3, -0.25) is 0 Å². The second-order valence-electron chi connectivity index (χ2n) is 6.17. The number of methoxy groups -OCH3 is 1. The van der Waals surface area contributed by atoms with Gasteiger partial charge < -0.3 is 20.1 Å². The van der Waals surface area contributed by atoms with Gasteiger partial charge in [0.05, 0.1) is 7.11 Å². The van der Waals surface area contributed by atoms with Gasteiger partial charge in [-0.05, 0) is 51.4 Å². The molecule has 0 saturated carbocycles. The van der Waals surface area contributed by atoms with Crippen molar-refractivity contribution in [2.24, 2.45) is 5.92 Å². The van der Waals surface area contributed by atoms with Gasteiger partial charge in [0.25, 0.3) is 0 Å². The minimum Gasteiger partial charge on any atom is -0.507 e. The molecule has 1 aromatic rings. The summed E-state index contributed by atoms with van der Waals surface area (Å²) in [6.07, 6.45) is 2.69. The summed E-state index contributed by atoms with van der Waals surface area (Å²) >= 11 is 0. The third-order valence-corrected chi connectivity index (χ3v) is 4.25. The zero-order chi connectivity index (χ0) is 15.2. The molecule has 0 aliphatic carbocycles. The smallest absolute Gasteiger partial charge is 0.124 e. The first-order chi connectivity index (χ1) is 10.1. The van der Waals surface area contributed by atoms with Crippen molar-refractivity contribution in [2.45, 2.75) is 32.7 Å². The van der Waals surface area contributed by atoms with E-state index in [4.69, 9.17) is 4.74 Å². The fourth-order valence-electron chi connectivity index (χ4n) is 2.98. The highest BCUT2D eigenvalue weighted by Gasteiger charge is 2.16. The molecule has 2 rings (SSSR count). The Morgan fingerprint density at radius 2 is 2.00 bits per heavy atom. The molecule has 1 saturated heterocycles. The third-order valence-electron chi connectivity index (χ3n) is 4.25. The van der Waals surface area contributed by atoms with E-state index in [1.807, 2.05) is 12.1 Å². The Bertz CT molecular complexity index is 444. The Hall–Kier alpha value is -1.26. The number of nitrogens with zero attached hydrogens (tertiary/aromatic N) is 1. The number of rotatable bonds is 7. The van der Waals surface area contributed by atoms with Crippen LogP contribution in [0.15, 0.2) is 18.2 Å². The van der Waals surface area contributed by atoms with E-state index in [0.29, 0.717) is 17.4 Å². The van der Waals surface area contributed by atoms with Gasteiger partial charge in [0.15, 0.2) is 0 Å². The van der Waals surface area contributed by atoms with E-state index < -0.39 is 0 Å². The highest BCUT2D eigenvalue weighted by molar-refractivity contribution is 5.41. The second-order valence-corrected chi connectivity index (χ2v) is 6.17. The molecule has 2 atom stereocenters. The van der Waals surface area contributed by atoms with E-state index in [-0.39, 0.29) is 6.04 Å². The van der Waals surface area contributed by atoms with Crippen molar-refractivity contribution in [3.05, 3.63) is 23.8 Å². The first-order valence-corrected chi connectivity index (χ1v) is 7.92. The molecule has 0 aromatic heterocycles. The summed E-state index contributed by atoms with van der Waals surface area (Å²) < 4.78 is 5.12. The number of phenolic OH excluding ortho intramolecular Hbond substituents is 1. The van der Waals surface area contributed by atoms with Crippen LogP contribution in [0.5, 0.6) is 11.5 Å². The molecule has 2 N–H and O–H groups in total. The van der Waals surface area contributed by atoms with E-state index >= 15 is 0 Å². The lowest BCUT2D eigenvalue weighted by Crippen LogP contribution is -2.32. The molecule has 0 bridgehead atoms. The summed E-state index contributed by atoms with van der Waals surface area (Å²) in [4.78, 5) is 2.54. The molecule has 1 aliphatic heterocycles. The van der Waals surface area contributed by atoms with Crippen molar-refractivity contribution < 1.29 is 9.84 Å². The van der Waals surface area contributed by atoms with Crippen LogP contribution in [0.1, 0.15) is 38.3 Å². The molecular weight excluding hydrogens is 264 g/mol. The molecule has 4 heteroatoms. The molecular formula is C17H28N2O2. The van der Waals surface area contributed by atoms with Gasteiger partial charge in [0.1, 0.15) is 11.5 Å². The molecule has 4 nitrogen and oxygen atoms in total. The van der Waals surface area contributed by atoms with Crippen LogP contribution in [0.3, 0.4) is 0 Å². The number of likely N-dealkylation sites (tertiary alicyclic amines) is 1. The van der Waals surface area contributed by atoms with Crippen LogP contribution in [0.2, 0.25) is 0 Å². The molecule has 0 radical (unpaired) electrons. The van der Waals surface area contributed by atoms with E-state index in [1.165, 1.54) is 25.9 Å².